The molecule has 0 atom stereocenters. The lowest BCUT2D eigenvalue weighted by molar-refractivity contribution is -0.137. The number of aromatic nitrogens is 1. The van der Waals surface area contributed by atoms with E-state index in [4.69, 9.17) is 21.1 Å². The smallest absolute Gasteiger partial charge is 0.416 e. The highest BCUT2D eigenvalue weighted by molar-refractivity contribution is 7.13. The summed E-state index contributed by atoms with van der Waals surface area (Å²) in [6, 6.07) is 10.1. The molecule has 0 aliphatic carbocycles. The lowest BCUT2D eigenvalue weighted by atomic mass is 10.1. The van der Waals surface area contributed by atoms with E-state index >= 15 is 0 Å². The van der Waals surface area contributed by atoms with Crippen LogP contribution in [0.3, 0.4) is 0 Å². The second-order valence-corrected chi connectivity index (χ2v) is 7.66. The molecule has 0 fully saturated rings. The van der Waals surface area contributed by atoms with Crippen LogP contribution in [0.2, 0.25) is 5.02 Å². The molecule has 3 aromatic rings. The van der Waals surface area contributed by atoms with Gasteiger partial charge in [-0.2, -0.15) is 13.2 Å². The Hall–Kier alpha value is -2.62. The fourth-order valence-corrected chi connectivity index (χ4v) is 3.81. The standard InChI is InChI=1S/C21H18ClF3N2O3S/c1-29-8-9-30-18-7-6-13(21(23,24)25)10-17(18)27-19(28)11-14-12-31-20(26-14)15-4-2-3-5-16(15)22/h2-7,10,12H,8-9,11H2,1H3,(H,27,28). The van der Waals surface area contributed by atoms with E-state index in [0.717, 1.165) is 17.7 Å². The maximum absolute atomic E-state index is 13.1. The van der Waals surface area contributed by atoms with E-state index in [1.807, 2.05) is 12.1 Å². The van der Waals surface area contributed by atoms with Crippen molar-refractivity contribution < 1.29 is 27.4 Å². The summed E-state index contributed by atoms with van der Waals surface area (Å²) in [6.07, 6.45) is -4.67. The molecule has 5 nitrogen and oxygen atoms in total. The van der Waals surface area contributed by atoms with Crippen LogP contribution in [0, 0.1) is 0 Å². The van der Waals surface area contributed by atoms with Gasteiger partial charge < -0.3 is 14.8 Å². The fraction of sp³-hybridized carbons (Fsp3) is 0.238. The van der Waals surface area contributed by atoms with E-state index < -0.39 is 17.6 Å². The molecule has 1 heterocycles. The van der Waals surface area contributed by atoms with Crippen LogP contribution in [-0.4, -0.2) is 31.2 Å². The normalized spacial score (nSPS) is 11.4. The third-order valence-electron chi connectivity index (χ3n) is 4.12. The molecular formula is C21H18ClF3N2O3S. The Balaban J connectivity index is 1.75. The molecule has 0 aliphatic heterocycles. The molecule has 0 aliphatic rings. The Morgan fingerprint density at radius 2 is 1.97 bits per heavy atom. The molecular weight excluding hydrogens is 453 g/mol. The number of methoxy groups -OCH3 is 1. The van der Waals surface area contributed by atoms with Gasteiger partial charge in [-0.1, -0.05) is 29.8 Å². The molecule has 3 rings (SSSR count). The minimum atomic E-state index is -4.55. The number of amides is 1. The van der Waals surface area contributed by atoms with Gasteiger partial charge in [0.05, 0.1) is 35.0 Å². The number of nitrogens with one attached hydrogen (secondary N) is 1. The number of alkyl halides is 3. The van der Waals surface area contributed by atoms with Crippen molar-refractivity contribution in [3.63, 3.8) is 0 Å². The molecule has 0 radical (unpaired) electrons. The zero-order chi connectivity index (χ0) is 22.4. The van der Waals surface area contributed by atoms with Crippen molar-refractivity contribution in [1.29, 1.82) is 0 Å². The Morgan fingerprint density at radius 3 is 2.68 bits per heavy atom. The van der Waals surface area contributed by atoms with Gasteiger partial charge in [0.1, 0.15) is 17.4 Å². The van der Waals surface area contributed by atoms with Gasteiger partial charge in [-0.3, -0.25) is 4.79 Å². The fourth-order valence-electron chi connectivity index (χ4n) is 2.67. The summed E-state index contributed by atoms with van der Waals surface area (Å²) in [5.41, 5.74) is 0.257. The number of hydrogen-bond donors (Lipinski definition) is 1. The topological polar surface area (TPSA) is 60.5 Å². The van der Waals surface area contributed by atoms with E-state index in [1.165, 1.54) is 24.5 Å². The number of carbonyl (C=O) groups excluding carboxylic acids is 1. The van der Waals surface area contributed by atoms with Gasteiger partial charge in [0.2, 0.25) is 5.91 Å². The minimum absolute atomic E-state index is 0.0718. The lowest BCUT2D eigenvalue weighted by Crippen LogP contribution is -2.17. The molecule has 2 aromatic carbocycles. The average Bonchev–Trinajstić information content (AvgIpc) is 3.16. The maximum Gasteiger partial charge on any atom is 0.416 e. The third kappa shape index (κ3) is 6.19. The van der Waals surface area contributed by atoms with Crippen LogP contribution in [0.15, 0.2) is 47.8 Å². The van der Waals surface area contributed by atoms with Crippen LogP contribution in [0.4, 0.5) is 18.9 Å². The number of halogens is 4. The van der Waals surface area contributed by atoms with Crippen molar-refractivity contribution in [2.75, 3.05) is 25.6 Å². The van der Waals surface area contributed by atoms with Crippen LogP contribution in [0.5, 0.6) is 5.75 Å². The number of thiazole rings is 1. The zero-order valence-corrected chi connectivity index (χ0v) is 17.9. The number of nitrogens with zero attached hydrogens (tertiary/aromatic N) is 1. The predicted molar refractivity (Wildman–Crippen MR) is 114 cm³/mol. The summed E-state index contributed by atoms with van der Waals surface area (Å²) < 4.78 is 49.6. The van der Waals surface area contributed by atoms with Gasteiger partial charge in [-0.15, -0.1) is 11.3 Å². The first kappa shape index (κ1) is 23.1. The Morgan fingerprint density at radius 1 is 1.19 bits per heavy atom. The van der Waals surface area contributed by atoms with E-state index in [9.17, 15) is 18.0 Å². The molecule has 0 saturated carbocycles. The first-order valence-corrected chi connectivity index (χ1v) is 10.4. The van der Waals surface area contributed by atoms with Crippen LogP contribution in [-0.2, 0) is 22.1 Å². The summed E-state index contributed by atoms with van der Waals surface area (Å²) >= 11 is 7.50. The second-order valence-electron chi connectivity index (χ2n) is 6.40. The summed E-state index contributed by atoms with van der Waals surface area (Å²) in [7, 11) is 1.48. The second kappa shape index (κ2) is 10.1. The van der Waals surface area contributed by atoms with E-state index in [2.05, 4.69) is 10.3 Å². The number of ether oxygens (including phenoxy) is 2. The third-order valence-corrected chi connectivity index (χ3v) is 5.38. The van der Waals surface area contributed by atoms with Gasteiger partial charge in [0.15, 0.2) is 0 Å². The van der Waals surface area contributed by atoms with Crippen molar-refractivity contribution in [2.45, 2.75) is 12.6 Å². The van der Waals surface area contributed by atoms with Crippen molar-refractivity contribution >= 4 is 34.5 Å². The summed E-state index contributed by atoms with van der Waals surface area (Å²) in [4.78, 5) is 16.9. The number of carbonyl (C=O) groups is 1. The highest BCUT2D eigenvalue weighted by Gasteiger charge is 2.31. The van der Waals surface area contributed by atoms with Crippen molar-refractivity contribution in [1.82, 2.24) is 4.98 Å². The van der Waals surface area contributed by atoms with Gasteiger partial charge in [-0.05, 0) is 24.3 Å². The van der Waals surface area contributed by atoms with Crippen LogP contribution >= 0.6 is 22.9 Å². The van der Waals surface area contributed by atoms with Crippen molar-refractivity contribution in [3.8, 4) is 16.3 Å². The van der Waals surface area contributed by atoms with E-state index in [-0.39, 0.29) is 31.1 Å². The summed E-state index contributed by atoms with van der Waals surface area (Å²) in [5.74, 6) is -0.402. The Labute approximate surface area is 185 Å². The largest absolute Gasteiger partial charge is 0.489 e. The molecule has 1 amide bonds. The molecule has 1 N–H and O–H groups in total. The first-order chi connectivity index (χ1) is 14.8. The van der Waals surface area contributed by atoms with Crippen LogP contribution < -0.4 is 10.1 Å². The number of anilines is 1. The number of benzene rings is 2. The highest BCUT2D eigenvalue weighted by atomic mass is 35.5. The van der Waals surface area contributed by atoms with Crippen molar-refractivity contribution in [2.24, 2.45) is 0 Å². The molecule has 0 bridgehead atoms. The molecule has 31 heavy (non-hydrogen) atoms. The maximum atomic E-state index is 13.1. The molecule has 1 aromatic heterocycles. The minimum Gasteiger partial charge on any atom is -0.489 e. The van der Waals surface area contributed by atoms with Crippen LogP contribution in [0.1, 0.15) is 11.3 Å². The van der Waals surface area contributed by atoms with Crippen LogP contribution in [0.25, 0.3) is 10.6 Å². The van der Waals surface area contributed by atoms with E-state index in [1.54, 1.807) is 17.5 Å². The monoisotopic (exact) mass is 470 g/mol. The van der Waals surface area contributed by atoms with Gasteiger partial charge in [-0.25, -0.2) is 4.98 Å². The summed E-state index contributed by atoms with van der Waals surface area (Å²) in [6.45, 7) is 0.371. The lowest BCUT2D eigenvalue weighted by Gasteiger charge is -2.15. The van der Waals surface area contributed by atoms with Gasteiger partial charge in [0.25, 0.3) is 0 Å². The number of hydrogen-bond acceptors (Lipinski definition) is 5. The Bertz CT molecular complexity index is 1060. The molecule has 0 spiro atoms. The van der Waals surface area contributed by atoms with Gasteiger partial charge >= 0.3 is 6.18 Å². The highest BCUT2D eigenvalue weighted by Crippen LogP contribution is 2.35. The first-order valence-electron chi connectivity index (χ1n) is 9.10. The molecule has 0 saturated heterocycles. The molecule has 0 unspecified atom stereocenters. The van der Waals surface area contributed by atoms with Gasteiger partial charge in [0, 0.05) is 18.1 Å². The quantitative estimate of drug-likeness (QED) is 0.430. The predicted octanol–water partition coefficient (Wildman–Crippen LogP) is 5.69. The molecule has 164 valence electrons. The Kier molecular flexibility index (Phi) is 7.53. The van der Waals surface area contributed by atoms with Crippen molar-refractivity contribution in [3.05, 3.63) is 64.1 Å². The average molecular weight is 471 g/mol. The zero-order valence-electron chi connectivity index (χ0n) is 16.3. The SMILES string of the molecule is COCCOc1ccc(C(F)(F)F)cc1NC(=O)Cc1csc(-c2ccccc2Cl)n1. The summed E-state index contributed by atoms with van der Waals surface area (Å²) in [5, 5.41) is 5.39. The molecule has 10 heteroatoms. The number of rotatable bonds is 8. The van der Waals surface area contributed by atoms with E-state index in [0.29, 0.717) is 15.7 Å².